The maximum absolute atomic E-state index is 12.1. The number of nitrogens with zero attached hydrogens (tertiary/aromatic N) is 1. The average Bonchev–Trinajstić information content (AvgIpc) is 2.84. The Hall–Kier alpha value is -1.10. The van der Waals surface area contributed by atoms with Gasteiger partial charge in [-0.25, -0.2) is 0 Å². The van der Waals surface area contributed by atoms with Crippen LogP contribution in [0.25, 0.3) is 0 Å². The molecular formula is C12H23N3O2. The molecule has 0 spiro atoms. The van der Waals surface area contributed by atoms with E-state index in [0.717, 1.165) is 25.7 Å². The van der Waals surface area contributed by atoms with E-state index in [1.807, 2.05) is 6.92 Å². The summed E-state index contributed by atoms with van der Waals surface area (Å²) >= 11 is 0. The summed E-state index contributed by atoms with van der Waals surface area (Å²) in [6.07, 6.45) is 3.78. The van der Waals surface area contributed by atoms with E-state index in [4.69, 9.17) is 5.73 Å². The largest absolute Gasteiger partial charge is 0.347 e. The van der Waals surface area contributed by atoms with Gasteiger partial charge in [-0.05, 0) is 19.8 Å². The summed E-state index contributed by atoms with van der Waals surface area (Å²) in [6, 6.07) is 0. The summed E-state index contributed by atoms with van der Waals surface area (Å²) < 4.78 is 0. The molecule has 0 aromatic heterocycles. The molecule has 5 heteroatoms. The van der Waals surface area contributed by atoms with Gasteiger partial charge >= 0.3 is 0 Å². The van der Waals surface area contributed by atoms with Crippen LogP contribution in [0.3, 0.4) is 0 Å². The minimum atomic E-state index is -0.426. The third kappa shape index (κ3) is 3.19. The summed E-state index contributed by atoms with van der Waals surface area (Å²) in [6.45, 7) is 3.00. The Balaban J connectivity index is 2.46. The number of likely N-dealkylation sites (N-methyl/N-ethyl adjacent to an activating group) is 1. The number of carbonyl (C=O) groups excluding carboxylic acids is 2. The first-order chi connectivity index (χ1) is 8.05. The molecule has 1 rings (SSSR count). The molecule has 0 saturated heterocycles. The van der Waals surface area contributed by atoms with Crippen molar-refractivity contribution >= 4 is 11.8 Å². The molecule has 5 nitrogen and oxygen atoms in total. The number of hydrogen-bond donors (Lipinski definition) is 2. The molecule has 0 atom stereocenters. The van der Waals surface area contributed by atoms with Crippen LogP contribution in [-0.2, 0) is 9.59 Å². The van der Waals surface area contributed by atoms with Crippen molar-refractivity contribution in [3.8, 4) is 0 Å². The molecule has 2 amide bonds. The van der Waals surface area contributed by atoms with Gasteiger partial charge in [-0.3, -0.25) is 9.59 Å². The Kier molecular flexibility index (Phi) is 4.93. The maximum atomic E-state index is 12.1. The number of rotatable bonds is 5. The fraction of sp³-hybridized carbons (Fsp3) is 0.833. The molecule has 98 valence electrons. The van der Waals surface area contributed by atoms with Crippen LogP contribution in [0.15, 0.2) is 0 Å². The second kappa shape index (κ2) is 6.00. The lowest BCUT2D eigenvalue weighted by molar-refractivity contribution is -0.135. The summed E-state index contributed by atoms with van der Waals surface area (Å²) in [5.41, 5.74) is 5.28. The summed E-state index contributed by atoms with van der Waals surface area (Å²) in [4.78, 5) is 25.2. The number of nitrogens with one attached hydrogen (secondary N) is 1. The standard InChI is InChI=1S/C12H23N3O2/c1-3-15(2)10(16)8-14-11(17)12(9-13)6-4-5-7-12/h3-9,13H2,1-2H3,(H,14,17). The molecule has 1 saturated carbocycles. The maximum Gasteiger partial charge on any atom is 0.241 e. The van der Waals surface area contributed by atoms with E-state index in [1.165, 1.54) is 0 Å². The summed E-state index contributed by atoms with van der Waals surface area (Å²) in [5, 5.41) is 2.72. The van der Waals surface area contributed by atoms with Gasteiger partial charge in [0, 0.05) is 20.1 Å². The molecule has 0 radical (unpaired) electrons. The Morgan fingerprint density at radius 1 is 1.35 bits per heavy atom. The highest BCUT2D eigenvalue weighted by atomic mass is 16.2. The first kappa shape index (κ1) is 14.0. The molecule has 0 bridgehead atoms. The van der Waals surface area contributed by atoms with Crippen molar-refractivity contribution in [3.63, 3.8) is 0 Å². The van der Waals surface area contributed by atoms with Gasteiger partial charge in [-0.2, -0.15) is 0 Å². The third-order valence-electron chi connectivity index (χ3n) is 3.73. The SMILES string of the molecule is CCN(C)C(=O)CNC(=O)C1(CN)CCCC1. The second-order valence-electron chi connectivity index (χ2n) is 4.78. The number of carbonyl (C=O) groups is 2. The normalized spacial score (nSPS) is 17.8. The molecule has 0 aromatic rings. The molecule has 0 aliphatic heterocycles. The fourth-order valence-electron chi connectivity index (χ4n) is 2.23. The zero-order valence-corrected chi connectivity index (χ0v) is 10.8. The van der Waals surface area contributed by atoms with Gasteiger partial charge in [0.1, 0.15) is 0 Å². The quantitative estimate of drug-likeness (QED) is 0.717. The molecular weight excluding hydrogens is 218 g/mol. The predicted molar refractivity (Wildman–Crippen MR) is 66.3 cm³/mol. The molecule has 3 N–H and O–H groups in total. The molecule has 1 fully saturated rings. The molecule has 0 aromatic carbocycles. The first-order valence-electron chi connectivity index (χ1n) is 6.28. The predicted octanol–water partition coefficient (Wildman–Crippen LogP) is 0.100. The van der Waals surface area contributed by atoms with E-state index >= 15 is 0 Å². The van der Waals surface area contributed by atoms with Gasteiger partial charge in [0.25, 0.3) is 0 Å². The third-order valence-corrected chi connectivity index (χ3v) is 3.73. The monoisotopic (exact) mass is 241 g/mol. The van der Waals surface area contributed by atoms with Crippen molar-refractivity contribution in [3.05, 3.63) is 0 Å². The van der Waals surface area contributed by atoms with Crippen molar-refractivity contribution in [2.45, 2.75) is 32.6 Å². The molecule has 0 heterocycles. The highest BCUT2D eigenvalue weighted by Gasteiger charge is 2.39. The topological polar surface area (TPSA) is 75.4 Å². The highest BCUT2D eigenvalue weighted by Crippen LogP contribution is 2.37. The zero-order chi connectivity index (χ0) is 12.9. The van der Waals surface area contributed by atoms with Crippen LogP contribution in [0.2, 0.25) is 0 Å². The number of nitrogens with two attached hydrogens (primary N) is 1. The van der Waals surface area contributed by atoms with Crippen LogP contribution in [-0.4, -0.2) is 43.4 Å². The van der Waals surface area contributed by atoms with E-state index < -0.39 is 5.41 Å². The van der Waals surface area contributed by atoms with E-state index in [9.17, 15) is 9.59 Å². The lowest BCUT2D eigenvalue weighted by Crippen LogP contribution is -2.47. The number of hydrogen-bond acceptors (Lipinski definition) is 3. The lowest BCUT2D eigenvalue weighted by Gasteiger charge is -2.26. The van der Waals surface area contributed by atoms with Crippen molar-refractivity contribution in [2.75, 3.05) is 26.7 Å². The van der Waals surface area contributed by atoms with Gasteiger partial charge < -0.3 is 16.0 Å². The van der Waals surface area contributed by atoms with Gasteiger partial charge in [0.15, 0.2) is 0 Å². The van der Waals surface area contributed by atoms with Crippen LogP contribution in [0.5, 0.6) is 0 Å². The fourth-order valence-corrected chi connectivity index (χ4v) is 2.23. The van der Waals surface area contributed by atoms with Crippen molar-refractivity contribution in [2.24, 2.45) is 11.1 Å². The summed E-state index contributed by atoms with van der Waals surface area (Å²) in [7, 11) is 1.72. The van der Waals surface area contributed by atoms with Gasteiger partial charge in [-0.15, -0.1) is 0 Å². The van der Waals surface area contributed by atoms with Crippen molar-refractivity contribution in [1.29, 1.82) is 0 Å². The smallest absolute Gasteiger partial charge is 0.241 e. The average molecular weight is 241 g/mol. The minimum Gasteiger partial charge on any atom is -0.347 e. The van der Waals surface area contributed by atoms with E-state index in [-0.39, 0.29) is 18.4 Å². The Bertz CT molecular complexity index is 285. The van der Waals surface area contributed by atoms with Crippen LogP contribution < -0.4 is 11.1 Å². The van der Waals surface area contributed by atoms with Crippen LogP contribution in [0.4, 0.5) is 0 Å². The molecule has 1 aliphatic carbocycles. The number of amides is 2. The first-order valence-corrected chi connectivity index (χ1v) is 6.28. The second-order valence-corrected chi connectivity index (χ2v) is 4.78. The molecule has 17 heavy (non-hydrogen) atoms. The van der Waals surface area contributed by atoms with E-state index in [1.54, 1.807) is 11.9 Å². The van der Waals surface area contributed by atoms with Crippen LogP contribution >= 0.6 is 0 Å². The highest BCUT2D eigenvalue weighted by molar-refractivity contribution is 5.88. The Morgan fingerprint density at radius 2 is 1.94 bits per heavy atom. The van der Waals surface area contributed by atoms with Crippen molar-refractivity contribution in [1.82, 2.24) is 10.2 Å². The lowest BCUT2D eigenvalue weighted by atomic mass is 9.85. The molecule has 1 aliphatic rings. The molecule has 0 unspecified atom stereocenters. The Labute approximate surface area is 103 Å². The van der Waals surface area contributed by atoms with E-state index in [2.05, 4.69) is 5.32 Å². The van der Waals surface area contributed by atoms with Gasteiger partial charge in [-0.1, -0.05) is 12.8 Å². The summed E-state index contributed by atoms with van der Waals surface area (Å²) in [5.74, 6) is -0.124. The van der Waals surface area contributed by atoms with Crippen LogP contribution in [0.1, 0.15) is 32.6 Å². The van der Waals surface area contributed by atoms with Crippen LogP contribution in [0, 0.1) is 5.41 Å². The van der Waals surface area contributed by atoms with Gasteiger partial charge in [0.05, 0.1) is 12.0 Å². The van der Waals surface area contributed by atoms with Gasteiger partial charge in [0.2, 0.25) is 11.8 Å². The minimum absolute atomic E-state index is 0.0599. The van der Waals surface area contributed by atoms with Crippen molar-refractivity contribution < 1.29 is 9.59 Å². The Morgan fingerprint density at radius 3 is 2.41 bits per heavy atom. The zero-order valence-electron chi connectivity index (χ0n) is 10.8. The van der Waals surface area contributed by atoms with E-state index in [0.29, 0.717) is 13.1 Å².